The number of esters is 1. The topological polar surface area (TPSA) is 68.3 Å². The number of aromatic nitrogens is 1. The molecule has 0 saturated carbocycles. The van der Waals surface area contributed by atoms with Crippen molar-refractivity contribution in [3.8, 4) is 0 Å². The number of anilines is 1. The lowest BCUT2D eigenvalue weighted by atomic mass is 10.2. The number of nitrogens with one attached hydrogen (secondary N) is 1. The number of hydrogen-bond donors (Lipinski definition) is 1. The summed E-state index contributed by atoms with van der Waals surface area (Å²) < 4.78 is 42.4. The first-order valence-corrected chi connectivity index (χ1v) is 6.40. The molecular weight excluding hydrogens is 313 g/mol. The number of carbonyl (C=O) groups is 2. The van der Waals surface area contributed by atoms with Crippen molar-refractivity contribution < 1.29 is 27.5 Å². The summed E-state index contributed by atoms with van der Waals surface area (Å²) in [6.07, 6.45) is -1.73. The van der Waals surface area contributed by atoms with Crippen LogP contribution in [0.4, 0.5) is 18.9 Å². The van der Waals surface area contributed by atoms with Crippen molar-refractivity contribution in [2.24, 2.45) is 0 Å². The molecular formula is C15H11F3N2O3. The van der Waals surface area contributed by atoms with Gasteiger partial charge in [0.05, 0.1) is 11.1 Å². The van der Waals surface area contributed by atoms with E-state index in [-0.39, 0.29) is 11.3 Å². The van der Waals surface area contributed by atoms with E-state index in [0.29, 0.717) is 0 Å². The molecule has 0 saturated heterocycles. The third-order valence-corrected chi connectivity index (χ3v) is 2.72. The van der Waals surface area contributed by atoms with Crippen LogP contribution in [-0.2, 0) is 15.7 Å². The molecule has 0 bridgehead atoms. The SMILES string of the molecule is O=C(COC(=O)c1ccncc1)Nc1cccc(C(F)(F)F)c1. The summed E-state index contributed by atoms with van der Waals surface area (Å²) in [6.45, 7) is -0.614. The van der Waals surface area contributed by atoms with E-state index in [4.69, 9.17) is 4.74 Å². The van der Waals surface area contributed by atoms with Crippen molar-refractivity contribution in [2.75, 3.05) is 11.9 Å². The van der Waals surface area contributed by atoms with E-state index in [1.54, 1.807) is 0 Å². The van der Waals surface area contributed by atoms with Gasteiger partial charge in [-0.05, 0) is 30.3 Å². The Morgan fingerprint density at radius 3 is 2.48 bits per heavy atom. The molecule has 1 heterocycles. The van der Waals surface area contributed by atoms with Gasteiger partial charge in [-0.3, -0.25) is 9.78 Å². The molecule has 120 valence electrons. The molecule has 23 heavy (non-hydrogen) atoms. The maximum Gasteiger partial charge on any atom is 0.416 e. The molecule has 1 aromatic carbocycles. The van der Waals surface area contributed by atoms with Gasteiger partial charge in [0.25, 0.3) is 5.91 Å². The lowest BCUT2D eigenvalue weighted by Crippen LogP contribution is -2.21. The van der Waals surface area contributed by atoms with Crippen LogP contribution in [0.25, 0.3) is 0 Å². The average molecular weight is 324 g/mol. The number of hydrogen-bond acceptors (Lipinski definition) is 4. The predicted molar refractivity (Wildman–Crippen MR) is 74.6 cm³/mol. The van der Waals surface area contributed by atoms with Gasteiger partial charge in [-0.1, -0.05) is 6.07 Å². The molecule has 0 aliphatic rings. The summed E-state index contributed by atoms with van der Waals surface area (Å²) in [5.74, 6) is -1.47. The molecule has 0 fully saturated rings. The highest BCUT2D eigenvalue weighted by Gasteiger charge is 2.30. The zero-order valence-corrected chi connectivity index (χ0v) is 11.6. The van der Waals surface area contributed by atoms with Crippen LogP contribution in [0.3, 0.4) is 0 Å². The molecule has 2 rings (SSSR count). The van der Waals surface area contributed by atoms with Crippen LogP contribution in [0, 0.1) is 0 Å². The number of ether oxygens (including phenoxy) is 1. The summed E-state index contributed by atoms with van der Waals surface area (Å²) in [5.41, 5.74) is -0.708. The van der Waals surface area contributed by atoms with Crippen LogP contribution in [0.1, 0.15) is 15.9 Å². The minimum atomic E-state index is -4.51. The average Bonchev–Trinajstić information content (AvgIpc) is 2.53. The zero-order chi connectivity index (χ0) is 16.9. The van der Waals surface area contributed by atoms with Crippen LogP contribution in [0.5, 0.6) is 0 Å². The number of amides is 1. The Hall–Kier alpha value is -2.90. The van der Waals surface area contributed by atoms with Crippen molar-refractivity contribution in [1.82, 2.24) is 4.98 Å². The van der Waals surface area contributed by atoms with Gasteiger partial charge in [-0.15, -0.1) is 0 Å². The Labute approximate surface area is 129 Å². The van der Waals surface area contributed by atoms with Crippen molar-refractivity contribution in [3.05, 3.63) is 59.9 Å². The summed E-state index contributed by atoms with van der Waals surface area (Å²) >= 11 is 0. The normalized spacial score (nSPS) is 10.9. The number of alkyl halides is 3. The fourth-order valence-corrected chi connectivity index (χ4v) is 1.67. The summed E-state index contributed by atoms with van der Waals surface area (Å²) in [5, 5.41) is 2.23. The molecule has 5 nitrogen and oxygen atoms in total. The highest BCUT2D eigenvalue weighted by molar-refractivity contribution is 5.95. The Bertz CT molecular complexity index is 703. The van der Waals surface area contributed by atoms with Gasteiger partial charge in [0.15, 0.2) is 6.61 Å². The molecule has 1 amide bonds. The van der Waals surface area contributed by atoms with Crippen LogP contribution < -0.4 is 5.32 Å². The molecule has 2 aromatic rings. The van der Waals surface area contributed by atoms with E-state index in [2.05, 4.69) is 10.3 Å². The van der Waals surface area contributed by atoms with E-state index in [1.807, 2.05) is 0 Å². The van der Waals surface area contributed by atoms with Crippen molar-refractivity contribution in [1.29, 1.82) is 0 Å². The second-order valence-corrected chi connectivity index (χ2v) is 4.44. The van der Waals surface area contributed by atoms with Crippen LogP contribution >= 0.6 is 0 Å². The van der Waals surface area contributed by atoms with Crippen molar-refractivity contribution >= 4 is 17.6 Å². The zero-order valence-electron chi connectivity index (χ0n) is 11.6. The molecule has 0 spiro atoms. The third kappa shape index (κ3) is 4.80. The summed E-state index contributed by atoms with van der Waals surface area (Å²) in [4.78, 5) is 27.0. The molecule has 8 heteroatoms. The Morgan fingerprint density at radius 1 is 1.13 bits per heavy atom. The molecule has 0 atom stereocenters. The van der Waals surface area contributed by atoms with Gasteiger partial charge in [0.1, 0.15) is 0 Å². The monoisotopic (exact) mass is 324 g/mol. The first-order chi connectivity index (χ1) is 10.9. The summed E-state index contributed by atoms with van der Waals surface area (Å²) in [6, 6.07) is 6.97. The minimum Gasteiger partial charge on any atom is -0.452 e. The smallest absolute Gasteiger partial charge is 0.416 e. The molecule has 0 radical (unpaired) electrons. The van der Waals surface area contributed by atoms with Crippen LogP contribution in [0.2, 0.25) is 0 Å². The highest BCUT2D eigenvalue weighted by Crippen LogP contribution is 2.30. The van der Waals surface area contributed by atoms with Gasteiger partial charge >= 0.3 is 12.1 Å². The number of nitrogens with zero attached hydrogens (tertiary/aromatic N) is 1. The maximum absolute atomic E-state index is 12.6. The largest absolute Gasteiger partial charge is 0.452 e. The quantitative estimate of drug-likeness (QED) is 0.878. The van der Waals surface area contributed by atoms with Crippen molar-refractivity contribution in [3.63, 3.8) is 0 Å². The lowest BCUT2D eigenvalue weighted by Gasteiger charge is -2.10. The van der Waals surface area contributed by atoms with E-state index >= 15 is 0 Å². The van der Waals surface area contributed by atoms with E-state index in [1.165, 1.54) is 36.7 Å². The molecule has 0 unspecified atom stereocenters. The van der Waals surface area contributed by atoms with E-state index in [0.717, 1.165) is 12.1 Å². The van der Waals surface area contributed by atoms with Crippen LogP contribution in [0.15, 0.2) is 48.8 Å². The van der Waals surface area contributed by atoms with Crippen LogP contribution in [-0.4, -0.2) is 23.5 Å². The fraction of sp³-hybridized carbons (Fsp3) is 0.133. The fourth-order valence-electron chi connectivity index (χ4n) is 1.67. The number of benzene rings is 1. The van der Waals surface area contributed by atoms with Gasteiger partial charge in [-0.25, -0.2) is 4.79 Å². The van der Waals surface area contributed by atoms with Gasteiger partial charge in [0.2, 0.25) is 0 Å². The first kappa shape index (κ1) is 16.5. The molecule has 1 N–H and O–H groups in total. The second-order valence-electron chi connectivity index (χ2n) is 4.44. The second kappa shape index (κ2) is 6.91. The molecule has 0 aliphatic heterocycles. The van der Waals surface area contributed by atoms with Crippen molar-refractivity contribution in [2.45, 2.75) is 6.18 Å². The lowest BCUT2D eigenvalue weighted by molar-refractivity contribution is -0.137. The maximum atomic E-state index is 12.6. The Balaban J connectivity index is 1.92. The Kier molecular flexibility index (Phi) is 4.95. The number of pyridine rings is 1. The van der Waals surface area contributed by atoms with E-state index in [9.17, 15) is 22.8 Å². The molecule has 1 aromatic heterocycles. The standard InChI is InChI=1S/C15H11F3N2O3/c16-15(17,18)11-2-1-3-12(8-11)20-13(21)9-23-14(22)10-4-6-19-7-5-10/h1-8H,9H2,(H,20,21). The number of halogens is 3. The summed E-state index contributed by atoms with van der Waals surface area (Å²) in [7, 11) is 0. The number of carbonyl (C=O) groups excluding carboxylic acids is 2. The Morgan fingerprint density at radius 2 is 1.83 bits per heavy atom. The van der Waals surface area contributed by atoms with Gasteiger partial charge in [-0.2, -0.15) is 13.2 Å². The van der Waals surface area contributed by atoms with Gasteiger partial charge < -0.3 is 10.1 Å². The highest BCUT2D eigenvalue weighted by atomic mass is 19.4. The van der Waals surface area contributed by atoms with Gasteiger partial charge in [0, 0.05) is 18.1 Å². The minimum absolute atomic E-state index is 0.0372. The third-order valence-electron chi connectivity index (χ3n) is 2.72. The molecule has 0 aliphatic carbocycles. The first-order valence-electron chi connectivity index (χ1n) is 6.40. The number of rotatable bonds is 4. The van der Waals surface area contributed by atoms with E-state index < -0.39 is 30.2 Å². The predicted octanol–water partition coefficient (Wildman–Crippen LogP) is 2.90.